The maximum atomic E-state index is 12.5. The molecule has 0 spiro atoms. The van der Waals surface area contributed by atoms with Crippen molar-refractivity contribution in [3.63, 3.8) is 0 Å². The van der Waals surface area contributed by atoms with E-state index >= 15 is 0 Å². The number of aromatic nitrogens is 1. The molecule has 0 aromatic carbocycles. The number of halogens is 4. The van der Waals surface area contributed by atoms with Crippen molar-refractivity contribution in [2.24, 2.45) is 0 Å². The summed E-state index contributed by atoms with van der Waals surface area (Å²) in [5.41, 5.74) is 0.189. The lowest BCUT2D eigenvalue weighted by Gasteiger charge is -2.10. The third kappa shape index (κ3) is 2.23. The van der Waals surface area contributed by atoms with Crippen LogP contribution in [-0.2, 0) is 5.33 Å². The second-order valence-corrected chi connectivity index (χ2v) is 3.79. The number of ether oxygens (including phenoxy) is 1. The van der Waals surface area contributed by atoms with Gasteiger partial charge in [-0.05, 0) is 15.9 Å². The summed E-state index contributed by atoms with van der Waals surface area (Å²) in [6.07, 6.45) is -1.30. The fourth-order valence-electron chi connectivity index (χ4n) is 0.981. The number of methoxy groups -OCH3 is 1. The monoisotopic (exact) mass is 329 g/mol. The van der Waals surface area contributed by atoms with Gasteiger partial charge < -0.3 is 4.74 Å². The SMILES string of the molecule is COc1cnc(C(F)F)c(CBr)c1Br. The minimum absolute atomic E-state index is 0.227. The van der Waals surface area contributed by atoms with Crippen LogP contribution < -0.4 is 4.74 Å². The molecular formula is C8H7Br2F2NO. The Labute approximate surface area is 96.9 Å². The van der Waals surface area contributed by atoms with Gasteiger partial charge in [-0.3, -0.25) is 4.98 Å². The van der Waals surface area contributed by atoms with Crippen LogP contribution in [-0.4, -0.2) is 12.1 Å². The second kappa shape index (κ2) is 5.02. The van der Waals surface area contributed by atoms with Gasteiger partial charge in [-0.1, -0.05) is 15.9 Å². The van der Waals surface area contributed by atoms with Crippen molar-refractivity contribution >= 4 is 31.9 Å². The molecule has 14 heavy (non-hydrogen) atoms. The molecule has 0 saturated heterocycles. The van der Waals surface area contributed by atoms with E-state index in [2.05, 4.69) is 36.8 Å². The average molecular weight is 331 g/mol. The van der Waals surface area contributed by atoms with E-state index in [1.807, 2.05) is 0 Å². The van der Waals surface area contributed by atoms with Gasteiger partial charge in [0.05, 0.1) is 17.8 Å². The summed E-state index contributed by atoms with van der Waals surface area (Å²) in [6, 6.07) is 0. The van der Waals surface area contributed by atoms with Gasteiger partial charge in [0.25, 0.3) is 6.43 Å². The molecule has 0 aliphatic rings. The number of nitrogens with zero attached hydrogens (tertiary/aromatic N) is 1. The summed E-state index contributed by atoms with van der Waals surface area (Å²) in [4.78, 5) is 3.65. The fraction of sp³-hybridized carbons (Fsp3) is 0.375. The molecule has 1 aromatic rings. The summed E-state index contributed by atoms with van der Waals surface area (Å²) in [5.74, 6) is 0.448. The van der Waals surface area contributed by atoms with Crippen molar-refractivity contribution < 1.29 is 13.5 Å². The fourth-order valence-corrected chi connectivity index (χ4v) is 2.53. The third-order valence-corrected chi connectivity index (χ3v) is 3.10. The zero-order valence-corrected chi connectivity index (χ0v) is 10.4. The van der Waals surface area contributed by atoms with Crippen molar-refractivity contribution in [1.82, 2.24) is 4.98 Å². The Kier molecular flexibility index (Phi) is 4.25. The number of hydrogen-bond donors (Lipinski definition) is 0. The van der Waals surface area contributed by atoms with Crippen LogP contribution in [0.25, 0.3) is 0 Å². The van der Waals surface area contributed by atoms with Crippen LogP contribution in [0.3, 0.4) is 0 Å². The Morgan fingerprint density at radius 1 is 1.57 bits per heavy atom. The summed E-state index contributed by atoms with van der Waals surface area (Å²) in [5, 5.41) is 0.303. The maximum Gasteiger partial charge on any atom is 0.280 e. The number of rotatable bonds is 3. The highest BCUT2D eigenvalue weighted by Crippen LogP contribution is 2.34. The molecule has 6 heteroatoms. The molecule has 0 unspecified atom stereocenters. The highest BCUT2D eigenvalue weighted by molar-refractivity contribution is 9.11. The summed E-state index contributed by atoms with van der Waals surface area (Å²) < 4.78 is 30.4. The number of pyridine rings is 1. The Balaban J connectivity index is 3.28. The molecule has 1 heterocycles. The van der Waals surface area contributed by atoms with Crippen LogP contribution in [0, 0.1) is 0 Å². The van der Waals surface area contributed by atoms with Crippen molar-refractivity contribution in [2.75, 3.05) is 7.11 Å². The molecule has 0 N–H and O–H groups in total. The molecule has 2 nitrogen and oxygen atoms in total. The van der Waals surface area contributed by atoms with Crippen molar-refractivity contribution in [3.8, 4) is 5.75 Å². The maximum absolute atomic E-state index is 12.5. The molecule has 0 saturated carbocycles. The smallest absolute Gasteiger partial charge is 0.280 e. The predicted molar refractivity (Wildman–Crippen MR) is 56.1 cm³/mol. The first-order valence-corrected chi connectivity index (χ1v) is 5.58. The zero-order valence-electron chi connectivity index (χ0n) is 7.23. The van der Waals surface area contributed by atoms with E-state index in [-0.39, 0.29) is 5.69 Å². The molecule has 0 radical (unpaired) electrons. The molecule has 0 fully saturated rings. The zero-order chi connectivity index (χ0) is 10.7. The van der Waals surface area contributed by atoms with Crippen LogP contribution in [0.2, 0.25) is 0 Å². The first-order valence-electron chi connectivity index (χ1n) is 3.67. The van der Waals surface area contributed by atoms with E-state index in [4.69, 9.17) is 4.74 Å². The van der Waals surface area contributed by atoms with Crippen LogP contribution in [0.15, 0.2) is 10.7 Å². The molecule has 1 aromatic heterocycles. The van der Waals surface area contributed by atoms with Gasteiger partial charge in [0.15, 0.2) is 5.75 Å². The molecule has 0 bridgehead atoms. The standard InChI is InChI=1S/C8H7Br2F2NO/c1-14-5-3-13-7(8(11)12)4(2-9)6(5)10/h3,8H,2H2,1H3. The predicted octanol–water partition coefficient (Wildman–Crippen LogP) is 3.69. The van der Waals surface area contributed by atoms with Gasteiger partial charge in [-0.25, -0.2) is 8.78 Å². The van der Waals surface area contributed by atoms with E-state index < -0.39 is 6.43 Å². The molecular weight excluding hydrogens is 324 g/mol. The van der Waals surface area contributed by atoms with Gasteiger partial charge >= 0.3 is 0 Å². The molecule has 0 amide bonds. The first-order chi connectivity index (χ1) is 6.61. The van der Waals surface area contributed by atoms with Gasteiger partial charge in [0.2, 0.25) is 0 Å². The molecule has 0 aliphatic heterocycles. The quantitative estimate of drug-likeness (QED) is 0.789. The molecule has 0 atom stereocenters. The van der Waals surface area contributed by atoms with Crippen LogP contribution in [0.4, 0.5) is 8.78 Å². The Morgan fingerprint density at radius 2 is 2.21 bits per heavy atom. The topological polar surface area (TPSA) is 22.1 Å². The lowest BCUT2D eigenvalue weighted by Crippen LogP contribution is -1.99. The lowest BCUT2D eigenvalue weighted by molar-refractivity contribution is 0.145. The van der Waals surface area contributed by atoms with Crippen LogP contribution in [0.1, 0.15) is 17.7 Å². The van der Waals surface area contributed by atoms with Crippen molar-refractivity contribution in [2.45, 2.75) is 11.8 Å². The highest BCUT2D eigenvalue weighted by atomic mass is 79.9. The Morgan fingerprint density at radius 3 is 2.64 bits per heavy atom. The van der Waals surface area contributed by atoms with Gasteiger partial charge in [0.1, 0.15) is 5.69 Å². The summed E-state index contributed by atoms with van der Waals surface area (Å²) in [7, 11) is 1.46. The third-order valence-electron chi connectivity index (χ3n) is 1.67. The van der Waals surface area contributed by atoms with Crippen molar-refractivity contribution in [3.05, 3.63) is 21.9 Å². The van der Waals surface area contributed by atoms with Gasteiger partial charge in [-0.15, -0.1) is 0 Å². The lowest BCUT2D eigenvalue weighted by atomic mass is 10.2. The second-order valence-electron chi connectivity index (χ2n) is 2.44. The molecule has 78 valence electrons. The van der Waals surface area contributed by atoms with Crippen LogP contribution >= 0.6 is 31.9 Å². The Hall–Kier alpha value is -0.230. The number of alkyl halides is 3. The number of hydrogen-bond acceptors (Lipinski definition) is 2. The molecule has 1 rings (SSSR count). The summed E-state index contributed by atoms with van der Waals surface area (Å²) >= 11 is 6.32. The minimum atomic E-state index is -2.58. The Bertz CT molecular complexity index is 333. The minimum Gasteiger partial charge on any atom is -0.494 e. The van der Waals surface area contributed by atoms with E-state index in [9.17, 15) is 8.78 Å². The van der Waals surface area contributed by atoms with Gasteiger partial charge in [-0.2, -0.15) is 0 Å². The summed E-state index contributed by atoms with van der Waals surface area (Å²) in [6.45, 7) is 0. The first kappa shape index (κ1) is 11.8. The van der Waals surface area contributed by atoms with Crippen molar-refractivity contribution in [1.29, 1.82) is 0 Å². The van der Waals surface area contributed by atoms with E-state index in [1.165, 1.54) is 13.3 Å². The average Bonchev–Trinajstić information content (AvgIpc) is 2.17. The van der Waals surface area contributed by atoms with E-state index in [1.54, 1.807) is 0 Å². The largest absolute Gasteiger partial charge is 0.494 e. The van der Waals surface area contributed by atoms with Crippen LogP contribution in [0.5, 0.6) is 5.75 Å². The normalized spacial score (nSPS) is 10.7. The van der Waals surface area contributed by atoms with E-state index in [0.717, 1.165) is 0 Å². The van der Waals surface area contributed by atoms with E-state index in [0.29, 0.717) is 21.1 Å². The highest BCUT2D eigenvalue weighted by Gasteiger charge is 2.19. The van der Waals surface area contributed by atoms with Gasteiger partial charge in [0, 0.05) is 10.9 Å². The molecule has 0 aliphatic carbocycles.